The van der Waals surface area contributed by atoms with Gasteiger partial charge in [0.25, 0.3) is 0 Å². The number of carbonyl (C=O) groups is 1. The third-order valence-electron chi connectivity index (χ3n) is 4.30. The largest absolute Gasteiger partial charge is 0.366 e. The molecule has 1 saturated heterocycles. The lowest BCUT2D eigenvalue weighted by Crippen LogP contribution is -2.31. The van der Waals surface area contributed by atoms with Gasteiger partial charge in [-0.25, -0.2) is 9.97 Å². The van der Waals surface area contributed by atoms with Crippen molar-refractivity contribution in [1.29, 1.82) is 0 Å². The van der Waals surface area contributed by atoms with E-state index >= 15 is 0 Å². The first kappa shape index (κ1) is 15.6. The molecular formula is C18H22N4O. The highest BCUT2D eigenvalue weighted by Crippen LogP contribution is 2.26. The van der Waals surface area contributed by atoms with E-state index in [2.05, 4.69) is 16.9 Å². The van der Waals surface area contributed by atoms with Crippen LogP contribution in [0.1, 0.15) is 40.6 Å². The van der Waals surface area contributed by atoms with Gasteiger partial charge in [-0.1, -0.05) is 12.1 Å². The minimum absolute atomic E-state index is 0.367. The molecule has 120 valence electrons. The van der Waals surface area contributed by atoms with E-state index in [9.17, 15) is 4.79 Å². The van der Waals surface area contributed by atoms with E-state index in [1.54, 1.807) is 12.1 Å². The molecule has 0 bridgehead atoms. The Morgan fingerprint density at radius 1 is 1.30 bits per heavy atom. The van der Waals surface area contributed by atoms with Gasteiger partial charge in [0.1, 0.15) is 5.82 Å². The van der Waals surface area contributed by atoms with Gasteiger partial charge in [-0.3, -0.25) is 4.79 Å². The summed E-state index contributed by atoms with van der Waals surface area (Å²) in [6, 6.07) is 9.25. The SMILES string of the molecule is Cc1cc(-c2cccc(C(N)=O)c2)nc([C@H]2CCCN(C)C2)n1. The number of aromatic nitrogens is 2. The number of rotatable bonds is 3. The van der Waals surface area contributed by atoms with Crippen LogP contribution in [0.3, 0.4) is 0 Å². The van der Waals surface area contributed by atoms with Crippen molar-refractivity contribution in [1.82, 2.24) is 14.9 Å². The monoisotopic (exact) mass is 310 g/mol. The van der Waals surface area contributed by atoms with Crippen LogP contribution in [0.5, 0.6) is 0 Å². The third kappa shape index (κ3) is 3.56. The molecule has 1 amide bonds. The number of benzene rings is 1. The number of nitrogens with two attached hydrogens (primary N) is 1. The molecule has 1 aromatic heterocycles. The van der Waals surface area contributed by atoms with Crippen molar-refractivity contribution in [3.05, 3.63) is 47.4 Å². The molecule has 0 saturated carbocycles. The van der Waals surface area contributed by atoms with Crippen molar-refractivity contribution in [3.8, 4) is 11.3 Å². The lowest BCUT2D eigenvalue weighted by atomic mass is 9.97. The van der Waals surface area contributed by atoms with Gasteiger partial charge in [0.2, 0.25) is 5.91 Å². The van der Waals surface area contributed by atoms with E-state index in [0.717, 1.165) is 42.3 Å². The number of hydrogen-bond acceptors (Lipinski definition) is 4. The molecule has 0 radical (unpaired) electrons. The van der Waals surface area contributed by atoms with Crippen LogP contribution in [0.15, 0.2) is 30.3 Å². The van der Waals surface area contributed by atoms with Gasteiger partial charge in [0, 0.05) is 29.3 Å². The Hall–Kier alpha value is -2.27. The lowest BCUT2D eigenvalue weighted by Gasteiger charge is -2.28. The van der Waals surface area contributed by atoms with Crippen LogP contribution in [0.25, 0.3) is 11.3 Å². The van der Waals surface area contributed by atoms with Crippen LogP contribution in [0.2, 0.25) is 0 Å². The predicted molar refractivity (Wildman–Crippen MR) is 90.2 cm³/mol. The molecule has 2 heterocycles. The molecule has 1 atom stereocenters. The molecule has 3 rings (SSSR count). The first-order chi connectivity index (χ1) is 11.0. The molecule has 1 aromatic carbocycles. The average Bonchev–Trinajstić information content (AvgIpc) is 2.54. The van der Waals surface area contributed by atoms with Gasteiger partial charge in [-0.05, 0) is 51.6 Å². The minimum atomic E-state index is -0.424. The fraction of sp³-hybridized carbons (Fsp3) is 0.389. The Morgan fingerprint density at radius 2 is 2.13 bits per heavy atom. The molecule has 1 fully saturated rings. The maximum Gasteiger partial charge on any atom is 0.248 e. The topological polar surface area (TPSA) is 72.1 Å². The van der Waals surface area contributed by atoms with Crippen LogP contribution in [-0.4, -0.2) is 40.9 Å². The fourth-order valence-corrected chi connectivity index (χ4v) is 3.13. The predicted octanol–water partition coefficient (Wildman–Crippen LogP) is 2.36. The molecule has 1 aliphatic rings. The second-order valence-electron chi connectivity index (χ2n) is 6.30. The minimum Gasteiger partial charge on any atom is -0.366 e. The number of piperidine rings is 1. The van der Waals surface area contributed by atoms with Gasteiger partial charge in [0.15, 0.2) is 0 Å². The molecule has 5 nitrogen and oxygen atoms in total. The Labute approximate surface area is 136 Å². The summed E-state index contributed by atoms with van der Waals surface area (Å²) in [5.41, 5.74) is 8.57. The van der Waals surface area contributed by atoms with Crippen LogP contribution in [0, 0.1) is 6.92 Å². The summed E-state index contributed by atoms with van der Waals surface area (Å²) in [6.45, 7) is 4.11. The first-order valence-electron chi connectivity index (χ1n) is 7.97. The lowest BCUT2D eigenvalue weighted by molar-refractivity contribution is 0.100. The molecule has 2 aromatic rings. The maximum atomic E-state index is 11.4. The normalized spacial score (nSPS) is 18.8. The van der Waals surface area contributed by atoms with Crippen molar-refractivity contribution >= 4 is 5.91 Å². The number of aryl methyl sites for hydroxylation is 1. The zero-order valence-corrected chi connectivity index (χ0v) is 13.6. The van der Waals surface area contributed by atoms with Crippen LogP contribution < -0.4 is 5.73 Å². The fourth-order valence-electron chi connectivity index (χ4n) is 3.13. The highest BCUT2D eigenvalue weighted by atomic mass is 16.1. The molecule has 1 aliphatic heterocycles. The van der Waals surface area contributed by atoms with Gasteiger partial charge in [-0.15, -0.1) is 0 Å². The number of amides is 1. The zero-order valence-electron chi connectivity index (χ0n) is 13.6. The number of likely N-dealkylation sites (N-methyl/N-ethyl adjacent to an activating group) is 1. The van der Waals surface area contributed by atoms with Gasteiger partial charge in [-0.2, -0.15) is 0 Å². The van der Waals surface area contributed by atoms with Crippen LogP contribution >= 0.6 is 0 Å². The van der Waals surface area contributed by atoms with Crippen molar-refractivity contribution in [2.75, 3.05) is 20.1 Å². The smallest absolute Gasteiger partial charge is 0.248 e. The first-order valence-corrected chi connectivity index (χ1v) is 7.97. The van der Waals surface area contributed by atoms with E-state index in [4.69, 9.17) is 10.7 Å². The molecule has 0 spiro atoms. The number of nitrogens with zero attached hydrogens (tertiary/aromatic N) is 3. The Kier molecular flexibility index (Phi) is 4.39. The second-order valence-corrected chi connectivity index (χ2v) is 6.30. The summed E-state index contributed by atoms with van der Waals surface area (Å²) >= 11 is 0. The van der Waals surface area contributed by atoms with Crippen molar-refractivity contribution in [3.63, 3.8) is 0 Å². The maximum absolute atomic E-state index is 11.4. The number of likely N-dealkylation sites (tertiary alicyclic amines) is 1. The van der Waals surface area contributed by atoms with Crippen LogP contribution in [0.4, 0.5) is 0 Å². The van der Waals surface area contributed by atoms with E-state index < -0.39 is 5.91 Å². The van der Waals surface area contributed by atoms with Crippen LogP contribution in [-0.2, 0) is 0 Å². The highest BCUT2D eigenvalue weighted by Gasteiger charge is 2.22. The number of primary amides is 1. The quantitative estimate of drug-likeness (QED) is 0.944. The summed E-state index contributed by atoms with van der Waals surface area (Å²) in [6.07, 6.45) is 2.29. The summed E-state index contributed by atoms with van der Waals surface area (Å²) in [5.74, 6) is 0.842. The number of carbonyl (C=O) groups excluding carboxylic acids is 1. The van der Waals surface area contributed by atoms with Gasteiger partial charge in [0.05, 0.1) is 5.69 Å². The second kappa shape index (κ2) is 6.46. The third-order valence-corrected chi connectivity index (χ3v) is 4.30. The van der Waals surface area contributed by atoms with Crippen molar-refractivity contribution in [2.45, 2.75) is 25.7 Å². The van der Waals surface area contributed by atoms with Crippen molar-refractivity contribution in [2.24, 2.45) is 5.73 Å². The summed E-state index contributed by atoms with van der Waals surface area (Å²) < 4.78 is 0. The molecule has 5 heteroatoms. The standard InChI is InChI=1S/C18H22N4O/c1-12-9-16(13-5-3-6-14(10-13)17(19)23)21-18(20-12)15-7-4-8-22(2)11-15/h3,5-6,9-10,15H,4,7-8,11H2,1-2H3,(H2,19,23)/t15-/m0/s1. The Balaban J connectivity index is 1.97. The molecule has 0 unspecified atom stereocenters. The summed E-state index contributed by atoms with van der Waals surface area (Å²) in [7, 11) is 2.14. The van der Waals surface area contributed by atoms with Crippen molar-refractivity contribution < 1.29 is 4.79 Å². The Morgan fingerprint density at radius 3 is 2.87 bits per heavy atom. The molecule has 2 N–H and O–H groups in total. The van der Waals surface area contributed by atoms with E-state index in [0.29, 0.717) is 11.5 Å². The summed E-state index contributed by atoms with van der Waals surface area (Å²) in [5, 5.41) is 0. The average molecular weight is 310 g/mol. The number of hydrogen-bond donors (Lipinski definition) is 1. The van der Waals surface area contributed by atoms with Gasteiger partial charge >= 0.3 is 0 Å². The highest BCUT2D eigenvalue weighted by molar-refractivity contribution is 5.93. The Bertz CT molecular complexity index is 729. The van der Waals surface area contributed by atoms with E-state index in [1.807, 2.05) is 25.1 Å². The zero-order chi connectivity index (χ0) is 16.4. The summed E-state index contributed by atoms with van der Waals surface area (Å²) in [4.78, 5) is 23.1. The molecule has 23 heavy (non-hydrogen) atoms. The van der Waals surface area contributed by atoms with E-state index in [1.165, 1.54) is 6.42 Å². The van der Waals surface area contributed by atoms with Gasteiger partial charge < -0.3 is 10.6 Å². The molecule has 0 aliphatic carbocycles. The molecular weight excluding hydrogens is 288 g/mol. The van der Waals surface area contributed by atoms with E-state index in [-0.39, 0.29) is 0 Å².